The Morgan fingerprint density at radius 3 is 2.69 bits per heavy atom. The van der Waals surface area contributed by atoms with Crippen molar-refractivity contribution in [1.29, 1.82) is 0 Å². The van der Waals surface area contributed by atoms with Gasteiger partial charge in [-0.3, -0.25) is 0 Å². The first kappa shape index (κ1) is 10.3. The predicted molar refractivity (Wildman–Crippen MR) is 52.1 cm³/mol. The van der Waals surface area contributed by atoms with E-state index in [1.807, 2.05) is 0 Å². The first-order chi connectivity index (χ1) is 6.02. The van der Waals surface area contributed by atoms with Gasteiger partial charge in [0.2, 0.25) is 0 Å². The van der Waals surface area contributed by atoms with Gasteiger partial charge in [0.1, 0.15) is 5.02 Å². The van der Waals surface area contributed by atoms with Gasteiger partial charge in [-0.1, -0.05) is 11.6 Å². The van der Waals surface area contributed by atoms with Crippen molar-refractivity contribution in [3.05, 3.63) is 9.90 Å². The smallest absolute Gasteiger partial charge is 0.351 e. The highest BCUT2D eigenvalue weighted by Gasteiger charge is 2.18. The molecule has 0 unspecified atom stereocenters. The highest BCUT2D eigenvalue weighted by atomic mass is 35.5. The number of carbonyl (C=O) groups excluding carboxylic acids is 1. The van der Waals surface area contributed by atoms with Crippen LogP contribution in [0.5, 0.6) is 0 Å². The van der Waals surface area contributed by atoms with E-state index in [4.69, 9.17) is 22.1 Å². The highest BCUT2D eigenvalue weighted by Crippen LogP contribution is 2.27. The summed E-state index contributed by atoms with van der Waals surface area (Å²) in [6, 6.07) is 0. The Morgan fingerprint density at radius 2 is 2.31 bits per heavy atom. The molecule has 1 aromatic rings. The van der Waals surface area contributed by atoms with Crippen LogP contribution in [0.1, 0.15) is 23.5 Å². The number of carbonyl (C=O) groups is 1. The van der Waals surface area contributed by atoms with Crippen molar-refractivity contribution in [3.63, 3.8) is 0 Å². The van der Waals surface area contributed by atoms with Crippen molar-refractivity contribution >= 4 is 34.9 Å². The van der Waals surface area contributed by atoms with Crippen molar-refractivity contribution in [3.8, 4) is 0 Å². The number of rotatable bonds is 2. The van der Waals surface area contributed by atoms with Crippen LogP contribution in [0.4, 0.5) is 5.82 Å². The summed E-state index contributed by atoms with van der Waals surface area (Å²) >= 11 is 6.65. The zero-order valence-corrected chi connectivity index (χ0v) is 8.78. The van der Waals surface area contributed by atoms with Gasteiger partial charge in [-0.25, -0.2) is 4.79 Å². The average Bonchev–Trinajstić information content (AvgIpc) is 2.31. The number of esters is 1. The van der Waals surface area contributed by atoms with Crippen molar-refractivity contribution in [2.75, 3.05) is 5.73 Å². The van der Waals surface area contributed by atoms with Crippen molar-refractivity contribution in [1.82, 2.24) is 4.37 Å². The minimum atomic E-state index is -0.478. The lowest BCUT2D eigenvalue weighted by Crippen LogP contribution is -2.10. The second kappa shape index (κ2) is 3.93. The molecule has 0 saturated heterocycles. The molecule has 0 radical (unpaired) electrons. The Kier molecular flexibility index (Phi) is 3.11. The molecule has 6 heteroatoms. The van der Waals surface area contributed by atoms with Gasteiger partial charge in [0.05, 0.1) is 6.10 Å². The lowest BCUT2D eigenvalue weighted by molar-refractivity contribution is 0.0384. The summed E-state index contributed by atoms with van der Waals surface area (Å²) in [5.41, 5.74) is 5.37. The summed E-state index contributed by atoms with van der Waals surface area (Å²) in [5.74, 6) is -0.309. The molecule has 13 heavy (non-hydrogen) atoms. The third kappa shape index (κ3) is 2.32. The maximum atomic E-state index is 11.3. The fourth-order valence-corrected chi connectivity index (χ4v) is 1.55. The molecule has 0 spiro atoms. The van der Waals surface area contributed by atoms with Crippen LogP contribution in [0.25, 0.3) is 0 Å². The summed E-state index contributed by atoms with van der Waals surface area (Å²) in [6.45, 7) is 3.52. The third-order valence-corrected chi connectivity index (χ3v) is 2.52. The zero-order chi connectivity index (χ0) is 10.0. The van der Waals surface area contributed by atoms with E-state index in [2.05, 4.69) is 4.37 Å². The Labute approximate surface area is 84.8 Å². The standard InChI is InChI=1S/C7H9ClN2O2S/c1-3(2)12-7(11)5-4(8)6(9)10-13-5/h3H,1-2H3,(H2,9,10). The van der Waals surface area contributed by atoms with Crippen molar-refractivity contribution in [2.24, 2.45) is 0 Å². The topological polar surface area (TPSA) is 65.2 Å². The van der Waals surface area contributed by atoms with Crippen LogP contribution < -0.4 is 5.73 Å². The molecular weight excluding hydrogens is 212 g/mol. The van der Waals surface area contributed by atoms with Gasteiger partial charge in [-0.15, -0.1) is 0 Å². The zero-order valence-electron chi connectivity index (χ0n) is 7.20. The normalized spacial score (nSPS) is 10.5. The van der Waals surface area contributed by atoms with Crippen LogP contribution in [-0.4, -0.2) is 16.4 Å². The molecular formula is C7H9ClN2O2S. The van der Waals surface area contributed by atoms with Crippen molar-refractivity contribution in [2.45, 2.75) is 20.0 Å². The molecule has 1 rings (SSSR count). The summed E-state index contributed by atoms with van der Waals surface area (Å²) in [5, 5.41) is 0.177. The number of nitrogen functional groups attached to an aromatic ring is 1. The molecule has 0 atom stereocenters. The summed E-state index contributed by atoms with van der Waals surface area (Å²) in [6.07, 6.45) is -0.174. The molecule has 0 saturated carbocycles. The Bertz CT molecular complexity index is 324. The average molecular weight is 221 g/mol. The number of nitrogens with two attached hydrogens (primary N) is 1. The minimum Gasteiger partial charge on any atom is -0.459 e. The molecule has 0 aliphatic heterocycles. The number of anilines is 1. The molecule has 0 aliphatic rings. The highest BCUT2D eigenvalue weighted by molar-refractivity contribution is 7.09. The van der Waals surface area contributed by atoms with Gasteiger partial charge >= 0.3 is 5.97 Å². The van der Waals surface area contributed by atoms with Gasteiger partial charge in [0.15, 0.2) is 10.7 Å². The molecule has 0 bridgehead atoms. The number of ether oxygens (including phenoxy) is 1. The Hall–Kier alpha value is -0.810. The van der Waals surface area contributed by atoms with Gasteiger partial charge < -0.3 is 10.5 Å². The quantitative estimate of drug-likeness (QED) is 0.774. The number of hydrogen-bond acceptors (Lipinski definition) is 5. The monoisotopic (exact) mass is 220 g/mol. The third-order valence-electron chi connectivity index (χ3n) is 1.19. The summed E-state index contributed by atoms with van der Waals surface area (Å²) in [7, 11) is 0. The number of aromatic nitrogens is 1. The lowest BCUT2D eigenvalue weighted by Gasteiger charge is -2.05. The first-order valence-corrected chi connectivity index (χ1v) is 4.79. The summed E-state index contributed by atoms with van der Waals surface area (Å²) < 4.78 is 8.65. The molecule has 0 aromatic carbocycles. The van der Waals surface area contributed by atoms with Gasteiger partial charge in [-0.2, -0.15) is 4.37 Å². The second-order valence-corrected chi connectivity index (χ2v) is 3.82. The molecule has 0 amide bonds. The molecule has 0 aliphatic carbocycles. The second-order valence-electron chi connectivity index (χ2n) is 2.66. The molecule has 1 heterocycles. The van der Waals surface area contributed by atoms with E-state index in [1.165, 1.54) is 0 Å². The van der Waals surface area contributed by atoms with Crippen LogP contribution in [0.15, 0.2) is 0 Å². The minimum absolute atomic E-state index is 0.169. The molecule has 0 fully saturated rings. The van der Waals surface area contributed by atoms with E-state index < -0.39 is 5.97 Å². The van der Waals surface area contributed by atoms with Gasteiger partial charge in [0, 0.05) is 0 Å². The van der Waals surface area contributed by atoms with E-state index in [0.29, 0.717) is 0 Å². The predicted octanol–water partition coefficient (Wildman–Crippen LogP) is 1.94. The van der Waals surface area contributed by atoms with Crippen LogP contribution in [-0.2, 0) is 4.74 Å². The fraction of sp³-hybridized carbons (Fsp3) is 0.429. The van der Waals surface area contributed by atoms with Crippen LogP contribution in [0.2, 0.25) is 5.02 Å². The van der Waals surface area contributed by atoms with Crippen LogP contribution in [0, 0.1) is 0 Å². The first-order valence-electron chi connectivity index (χ1n) is 3.64. The van der Waals surface area contributed by atoms with Gasteiger partial charge in [0.25, 0.3) is 0 Å². The largest absolute Gasteiger partial charge is 0.459 e. The van der Waals surface area contributed by atoms with E-state index in [1.54, 1.807) is 13.8 Å². The van der Waals surface area contributed by atoms with E-state index in [0.717, 1.165) is 11.5 Å². The van der Waals surface area contributed by atoms with Crippen LogP contribution >= 0.6 is 23.1 Å². The molecule has 1 aromatic heterocycles. The maximum Gasteiger partial charge on any atom is 0.351 e. The Morgan fingerprint density at radius 1 is 1.69 bits per heavy atom. The molecule has 72 valence electrons. The maximum absolute atomic E-state index is 11.3. The Balaban J connectivity index is 2.83. The van der Waals surface area contributed by atoms with Crippen molar-refractivity contribution < 1.29 is 9.53 Å². The SMILES string of the molecule is CC(C)OC(=O)c1snc(N)c1Cl. The fourth-order valence-electron chi connectivity index (χ4n) is 0.686. The number of nitrogens with zero attached hydrogens (tertiary/aromatic N) is 1. The van der Waals surface area contributed by atoms with E-state index >= 15 is 0 Å². The number of hydrogen-bond donors (Lipinski definition) is 1. The van der Waals surface area contributed by atoms with E-state index in [9.17, 15) is 4.79 Å². The van der Waals surface area contributed by atoms with Gasteiger partial charge in [-0.05, 0) is 25.4 Å². The van der Waals surface area contributed by atoms with E-state index in [-0.39, 0.29) is 21.8 Å². The van der Waals surface area contributed by atoms with Crippen LogP contribution in [0.3, 0.4) is 0 Å². The molecule has 4 nitrogen and oxygen atoms in total. The number of halogens is 1. The summed E-state index contributed by atoms with van der Waals surface area (Å²) in [4.78, 5) is 11.6. The molecule has 2 N–H and O–H groups in total. The lowest BCUT2D eigenvalue weighted by atomic mass is 10.4.